The maximum Gasteiger partial charge on any atom is 0.573 e. The Hall–Kier alpha value is -1.37. The molecule has 0 aliphatic carbocycles. The maximum absolute atomic E-state index is 13.6. The summed E-state index contributed by atoms with van der Waals surface area (Å²) in [5, 5.41) is 0. The molecule has 1 aromatic carbocycles. The maximum atomic E-state index is 13.6. The molecule has 124 valence electrons. The molecule has 1 heterocycles. The van der Waals surface area contributed by atoms with Gasteiger partial charge in [-0.15, -0.1) is 13.2 Å². The third-order valence-corrected chi connectivity index (χ3v) is 3.91. The standard InChI is InChI=1S/C15H18F5NO/c1-11-6-8-21(10-14(11,16)17)9-7-12-2-4-13(5-3-12)22-15(18,19)20/h2-5,11H,6-10H2,1H3. The van der Waals surface area contributed by atoms with Gasteiger partial charge in [0.25, 0.3) is 5.92 Å². The Morgan fingerprint density at radius 3 is 2.41 bits per heavy atom. The van der Waals surface area contributed by atoms with Crippen LogP contribution in [0.1, 0.15) is 18.9 Å². The molecule has 0 bridgehead atoms. The summed E-state index contributed by atoms with van der Waals surface area (Å²) in [7, 11) is 0. The van der Waals surface area contributed by atoms with Gasteiger partial charge in [-0.05, 0) is 37.1 Å². The molecule has 1 fully saturated rings. The summed E-state index contributed by atoms with van der Waals surface area (Å²) in [6.45, 7) is 2.37. The van der Waals surface area contributed by atoms with Gasteiger partial charge in [-0.3, -0.25) is 4.90 Å². The summed E-state index contributed by atoms with van der Waals surface area (Å²) in [6, 6.07) is 5.50. The summed E-state index contributed by atoms with van der Waals surface area (Å²) in [5.74, 6) is -3.57. The Balaban J connectivity index is 1.85. The summed E-state index contributed by atoms with van der Waals surface area (Å²) in [5.41, 5.74) is 0.788. The van der Waals surface area contributed by atoms with Crippen LogP contribution >= 0.6 is 0 Å². The van der Waals surface area contributed by atoms with Crippen molar-refractivity contribution >= 4 is 0 Å². The molecule has 0 amide bonds. The van der Waals surface area contributed by atoms with Gasteiger partial charge in [-0.2, -0.15) is 0 Å². The van der Waals surface area contributed by atoms with E-state index in [1.165, 1.54) is 24.3 Å². The van der Waals surface area contributed by atoms with E-state index in [4.69, 9.17) is 0 Å². The number of hydrogen-bond donors (Lipinski definition) is 0. The Morgan fingerprint density at radius 1 is 1.23 bits per heavy atom. The molecule has 2 rings (SSSR count). The molecule has 1 saturated heterocycles. The third-order valence-electron chi connectivity index (χ3n) is 3.91. The molecular weight excluding hydrogens is 305 g/mol. The first-order valence-electron chi connectivity index (χ1n) is 7.10. The van der Waals surface area contributed by atoms with E-state index in [-0.39, 0.29) is 12.3 Å². The topological polar surface area (TPSA) is 12.5 Å². The highest BCUT2D eigenvalue weighted by Crippen LogP contribution is 2.32. The molecular formula is C15H18F5NO. The number of hydrogen-bond acceptors (Lipinski definition) is 2. The smallest absolute Gasteiger partial charge is 0.406 e. The fraction of sp³-hybridized carbons (Fsp3) is 0.600. The monoisotopic (exact) mass is 323 g/mol. The fourth-order valence-electron chi connectivity index (χ4n) is 2.46. The van der Waals surface area contributed by atoms with Gasteiger partial charge in [-0.1, -0.05) is 19.1 Å². The van der Waals surface area contributed by atoms with E-state index >= 15 is 0 Å². The second-order valence-electron chi connectivity index (χ2n) is 5.67. The van der Waals surface area contributed by atoms with Crippen LogP contribution in [-0.2, 0) is 6.42 Å². The van der Waals surface area contributed by atoms with E-state index in [1.54, 1.807) is 11.8 Å². The zero-order chi connectivity index (χ0) is 16.4. The van der Waals surface area contributed by atoms with Crippen LogP contribution in [0.2, 0.25) is 0 Å². The van der Waals surface area contributed by atoms with E-state index in [0.29, 0.717) is 25.9 Å². The van der Waals surface area contributed by atoms with Crippen LogP contribution in [0.3, 0.4) is 0 Å². The van der Waals surface area contributed by atoms with E-state index in [9.17, 15) is 22.0 Å². The summed E-state index contributed by atoms with van der Waals surface area (Å²) >= 11 is 0. The normalized spacial score (nSPS) is 22.5. The van der Waals surface area contributed by atoms with Crippen molar-refractivity contribution in [2.75, 3.05) is 19.6 Å². The average Bonchev–Trinajstić information content (AvgIpc) is 2.40. The molecule has 7 heteroatoms. The van der Waals surface area contributed by atoms with Gasteiger partial charge in [0.15, 0.2) is 0 Å². The molecule has 0 N–H and O–H groups in total. The van der Waals surface area contributed by atoms with Crippen LogP contribution < -0.4 is 4.74 Å². The molecule has 1 aromatic rings. The van der Waals surface area contributed by atoms with Crippen LogP contribution in [0.4, 0.5) is 22.0 Å². The van der Waals surface area contributed by atoms with Crippen molar-refractivity contribution in [3.05, 3.63) is 29.8 Å². The van der Waals surface area contributed by atoms with Crippen molar-refractivity contribution < 1.29 is 26.7 Å². The van der Waals surface area contributed by atoms with E-state index in [0.717, 1.165) is 5.56 Å². The first-order chi connectivity index (χ1) is 10.2. The van der Waals surface area contributed by atoms with Gasteiger partial charge in [0.2, 0.25) is 0 Å². The molecule has 1 aliphatic heterocycles. The van der Waals surface area contributed by atoms with Crippen molar-refractivity contribution in [2.45, 2.75) is 32.1 Å². The number of halogens is 5. The lowest BCUT2D eigenvalue weighted by Crippen LogP contribution is -2.48. The zero-order valence-corrected chi connectivity index (χ0v) is 12.2. The highest BCUT2D eigenvalue weighted by atomic mass is 19.4. The van der Waals surface area contributed by atoms with Crippen LogP contribution in [0.5, 0.6) is 5.75 Å². The molecule has 0 radical (unpaired) electrons. The van der Waals surface area contributed by atoms with Gasteiger partial charge >= 0.3 is 6.36 Å². The Bertz CT molecular complexity index is 486. The Morgan fingerprint density at radius 2 is 1.86 bits per heavy atom. The highest BCUT2D eigenvalue weighted by Gasteiger charge is 2.41. The van der Waals surface area contributed by atoms with Crippen molar-refractivity contribution in [3.8, 4) is 5.75 Å². The van der Waals surface area contributed by atoms with Crippen LogP contribution in [0.25, 0.3) is 0 Å². The predicted octanol–water partition coefficient (Wildman–Crippen LogP) is 4.10. The van der Waals surface area contributed by atoms with Gasteiger partial charge in [0, 0.05) is 12.5 Å². The predicted molar refractivity (Wildman–Crippen MR) is 72.0 cm³/mol. The molecule has 0 aromatic heterocycles. The third kappa shape index (κ3) is 4.83. The second-order valence-corrected chi connectivity index (χ2v) is 5.67. The summed E-state index contributed by atoms with van der Waals surface area (Å²) in [6.07, 6.45) is -3.75. The van der Waals surface area contributed by atoms with Crippen LogP contribution in [0.15, 0.2) is 24.3 Å². The molecule has 1 atom stereocenters. The number of ether oxygens (including phenoxy) is 1. The number of piperidine rings is 1. The number of rotatable bonds is 4. The minimum Gasteiger partial charge on any atom is -0.406 e. The molecule has 1 unspecified atom stereocenters. The molecule has 0 saturated carbocycles. The minimum absolute atomic E-state index is 0.260. The Labute approximate surface area is 125 Å². The minimum atomic E-state index is -4.71. The lowest BCUT2D eigenvalue weighted by molar-refractivity contribution is -0.274. The van der Waals surface area contributed by atoms with Crippen molar-refractivity contribution in [1.29, 1.82) is 0 Å². The quantitative estimate of drug-likeness (QED) is 0.773. The average molecular weight is 323 g/mol. The lowest BCUT2D eigenvalue weighted by atomic mass is 9.94. The summed E-state index contributed by atoms with van der Waals surface area (Å²) in [4.78, 5) is 1.69. The summed E-state index contributed by atoms with van der Waals surface area (Å²) < 4.78 is 67.1. The van der Waals surface area contributed by atoms with Crippen LogP contribution in [0, 0.1) is 5.92 Å². The van der Waals surface area contributed by atoms with Gasteiger partial charge < -0.3 is 4.74 Å². The van der Waals surface area contributed by atoms with Crippen molar-refractivity contribution in [1.82, 2.24) is 4.90 Å². The van der Waals surface area contributed by atoms with E-state index in [1.807, 2.05) is 0 Å². The molecule has 0 spiro atoms. The molecule has 22 heavy (non-hydrogen) atoms. The van der Waals surface area contributed by atoms with Crippen molar-refractivity contribution in [3.63, 3.8) is 0 Å². The number of likely N-dealkylation sites (tertiary alicyclic amines) is 1. The zero-order valence-electron chi connectivity index (χ0n) is 12.2. The van der Waals surface area contributed by atoms with E-state index in [2.05, 4.69) is 4.74 Å². The van der Waals surface area contributed by atoms with E-state index < -0.39 is 18.2 Å². The second kappa shape index (κ2) is 6.40. The first kappa shape index (κ1) is 17.0. The SMILES string of the molecule is CC1CCN(CCc2ccc(OC(F)(F)F)cc2)CC1(F)F. The largest absolute Gasteiger partial charge is 0.573 e. The van der Waals surface area contributed by atoms with Crippen molar-refractivity contribution in [2.24, 2.45) is 5.92 Å². The highest BCUT2D eigenvalue weighted by molar-refractivity contribution is 5.27. The fourth-order valence-corrected chi connectivity index (χ4v) is 2.46. The molecule has 1 aliphatic rings. The number of benzene rings is 1. The number of nitrogens with zero attached hydrogens (tertiary/aromatic N) is 1. The van der Waals surface area contributed by atoms with Gasteiger partial charge in [-0.25, -0.2) is 8.78 Å². The molecule has 2 nitrogen and oxygen atoms in total. The number of alkyl halides is 5. The van der Waals surface area contributed by atoms with Crippen LogP contribution in [-0.4, -0.2) is 36.8 Å². The first-order valence-corrected chi connectivity index (χ1v) is 7.10. The van der Waals surface area contributed by atoms with Gasteiger partial charge in [0.05, 0.1) is 6.54 Å². The van der Waals surface area contributed by atoms with Gasteiger partial charge in [0.1, 0.15) is 5.75 Å². The Kier molecular flexibility index (Phi) is 4.94. The lowest BCUT2D eigenvalue weighted by Gasteiger charge is -2.36.